The fourth-order valence-electron chi connectivity index (χ4n) is 5.15. The van der Waals surface area contributed by atoms with Crippen LogP contribution in [0.1, 0.15) is 81.8 Å². The Hall–Kier alpha value is -3.42. The van der Waals surface area contributed by atoms with Crippen molar-refractivity contribution in [2.45, 2.75) is 84.2 Å². The van der Waals surface area contributed by atoms with Crippen LogP contribution < -0.4 is 15.2 Å². The summed E-state index contributed by atoms with van der Waals surface area (Å²) >= 11 is 0. The number of fused-ring (bicyclic) bond motifs is 3. The highest BCUT2D eigenvalue weighted by atomic mass is 16.5. The zero-order chi connectivity index (χ0) is 27.7. The van der Waals surface area contributed by atoms with Gasteiger partial charge < -0.3 is 29.1 Å². The number of rotatable bonds is 6. The maximum absolute atomic E-state index is 13.3. The molecule has 0 spiro atoms. The third kappa shape index (κ3) is 6.17. The summed E-state index contributed by atoms with van der Waals surface area (Å²) in [6, 6.07) is 9.09. The molecule has 2 aliphatic rings. The van der Waals surface area contributed by atoms with Gasteiger partial charge in [-0.15, -0.1) is 0 Å². The molecule has 2 aromatic heterocycles. The lowest BCUT2D eigenvalue weighted by Crippen LogP contribution is -2.63. The molecule has 1 aliphatic carbocycles. The number of carbonyl (C=O) groups excluding carboxylic acids is 2. The predicted molar refractivity (Wildman–Crippen MR) is 150 cm³/mol. The molecule has 0 radical (unpaired) electrons. The Morgan fingerprint density at radius 1 is 0.974 bits per heavy atom. The maximum Gasteiger partial charge on any atom is 0.271 e. The van der Waals surface area contributed by atoms with Crippen molar-refractivity contribution in [1.29, 1.82) is 0 Å². The highest BCUT2D eigenvalue weighted by Crippen LogP contribution is 2.33. The van der Waals surface area contributed by atoms with Crippen LogP contribution in [0.4, 0.5) is 0 Å². The van der Waals surface area contributed by atoms with Gasteiger partial charge in [0.1, 0.15) is 11.2 Å². The molecular formula is C30H43N3O5. The number of furan rings is 1. The average molecular weight is 526 g/mol. The Balaban J connectivity index is 0.000000381. The van der Waals surface area contributed by atoms with E-state index in [4.69, 9.17) is 19.6 Å². The number of hydrogen-bond donors (Lipinski definition) is 1. The smallest absolute Gasteiger partial charge is 0.271 e. The number of nitrogens with two attached hydrogens (primary N) is 1. The van der Waals surface area contributed by atoms with E-state index in [1.54, 1.807) is 49.0 Å². The highest BCUT2D eigenvalue weighted by Gasteiger charge is 2.46. The first-order valence-corrected chi connectivity index (χ1v) is 13.8. The van der Waals surface area contributed by atoms with E-state index in [-0.39, 0.29) is 12.5 Å². The molecule has 208 valence electrons. The molecule has 1 unspecified atom stereocenters. The van der Waals surface area contributed by atoms with Crippen LogP contribution in [0.25, 0.3) is 11.1 Å². The molecule has 0 saturated heterocycles. The van der Waals surface area contributed by atoms with E-state index in [1.807, 2.05) is 32.0 Å². The minimum atomic E-state index is -1.15. The van der Waals surface area contributed by atoms with Crippen molar-refractivity contribution in [2.24, 2.45) is 5.73 Å². The van der Waals surface area contributed by atoms with Crippen molar-refractivity contribution in [3.05, 3.63) is 47.9 Å². The number of methoxy groups -OCH3 is 2. The van der Waals surface area contributed by atoms with Crippen LogP contribution in [0.2, 0.25) is 0 Å². The Morgan fingerprint density at radius 2 is 1.58 bits per heavy atom. The van der Waals surface area contributed by atoms with Crippen LogP contribution in [-0.4, -0.2) is 47.6 Å². The van der Waals surface area contributed by atoms with Crippen molar-refractivity contribution >= 4 is 22.9 Å². The second-order valence-corrected chi connectivity index (χ2v) is 9.79. The van der Waals surface area contributed by atoms with E-state index in [1.165, 1.54) is 44.9 Å². The van der Waals surface area contributed by atoms with Gasteiger partial charge in [0, 0.05) is 18.7 Å². The van der Waals surface area contributed by atoms with Gasteiger partial charge in [-0.05, 0) is 31.0 Å². The summed E-state index contributed by atoms with van der Waals surface area (Å²) in [7, 11) is 3.15. The fraction of sp³-hybridized carbons (Fsp3) is 0.533. The monoisotopic (exact) mass is 525 g/mol. The first kappa shape index (κ1) is 29.1. The lowest BCUT2D eigenvalue weighted by molar-refractivity contribution is -0.129. The summed E-state index contributed by atoms with van der Waals surface area (Å²) in [6.07, 6.45) is 12.6. The highest BCUT2D eigenvalue weighted by molar-refractivity contribution is 6.02. The van der Waals surface area contributed by atoms with Gasteiger partial charge in [0.2, 0.25) is 5.91 Å². The summed E-state index contributed by atoms with van der Waals surface area (Å²) in [5.74, 6) is 0.452. The van der Waals surface area contributed by atoms with Gasteiger partial charge >= 0.3 is 0 Å². The molecule has 2 amide bonds. The quantitative estimate of drug-likeness (QED) is 0.401. The van der Waals surface area contributed by atoms with Crippen LogP contribution in [0.15, 0.2) is 41.0 Å². The number of ether oxygens (including phenoxy) is 2. The first-order chi connectivity index (χ1) is 18.4. The van der Waals surface area contributed by atoms with Crippen molar-refractivity contribution in [3.8, 4) is 11.5 Å². The maximum atomic E-state index is 13.3. The second kappa shape index (κ2) is 13.4. The molecule has 1 atom stereocenters. The number of nitrogens with zero attached hydrogens (tertiary/aromatic N) is 2. The SMILES string of the molecule is C1CCCCCC1.CC.COc1ccc(CCN2C(=O)c3cc4occc4n3CC2(C)C(N)=O)cc1OC. The molecule has 1 saturated carbocycles. The molecule has 2 N–H and O–H groups in total. The molecule has 0 bridgehead atoms. The zero-order valence-electron chi connectivity index (χ0n) is 23.5. The van der Waals surface area contributed by atoms with Gasteiger partial charge in [-0.3, -0.25) is 9.59 Å². The minimum Gasteiger partial charge on any atom is -0.493 e. The van der Waals surface area contributed by atoms with Gasteiger partial charge in [-0.1, -0.05) is 64.9 Å². The molecular weight excluding hydrogens is 482 g/mol. The molecule has 1 aromatic carbocycles. The van der Waals surface area contributed by atoms with Crippen molar-refractivity contribution in [3.63, 3.8) is 0 Å². The first-order valence-electron chi connectivity index (χ1n) is 13.8. The van der Waals surface area contributed by atoms with Gasteiger partial charge in [0.05, 0.1) is 32.5 Å². The van der Waals surface area contributed by atoms with Crippen LogP contribution >= 0.6 is 0 Å². The molecule has 1 fully saturated rings. The number of primary amides is 1. The van der Waals surface area contributed by atoms with Crippen LogP contribution in [0.3, 0.4) is 0 Å². The molecule has 5 rings (SSSR count). The zero-order valence-corrected chi connectivity index (χ0v) is 23.5. The Kier molecular flexibility index (Phi) is 10.3. The third-order valence-electron chi connectivity index (χ3n) is 7.40. The number of benzene rings is 1. The standard InChI is InChI=1S/C21H23N3O5.C7H14.C2H6/c1-21(20(22)26)12-23-14-7-9-29-17(14)11-15(23)19(25)24(21)8-6-13-4-5-16(27-2)18(10-13)28-3;1-2-4-6-7-5-3-1;1-2/h4-5,7,9-11H,6,8,12H2,1-3H3,(H2,22,26);1-7H2;1-2H3. The number of hydrogen-bond acceptors (Lipinski definition) is 5. The summed E-state index contributed by atoms with van der Waals surface area (Å²) in [5, 5.41) is 0. The molecule has 8 nitrogen and oxygen atoms in total. The fourth-order valence-corrected chi connectivity index (χ4v) is 5.15. The van der Waals surface area contributed by atoms with Gasteiger partial charge in [-0.2, -0.15) is 0 Å². The average Bonchev–Trinajstić information content (AvgIpc) is 3.39. The largest absolute Gasteiger partial charge is 0.493 e. The number of carbonyl (C=O) groups is 2. The van der Waals surface area contributed by atoms with Gasteiger partial charge in [0.15, 0.2) is 17.1 Å². The second-order valence-electron chi connectivity index (χ2n) is 9.79. The third-order valence-corrected chi connectivity index (χ3v) is 7.40. The predicted octanol–water partition coefficient (Wildman–Crippen LogP) is 5.95. The van der Waals surface area contributed by atoms with Crippen LogP contribution in [0.5, 0.6) is 11.5 Å². The molecule has 3 aromatic rings. The van der Waals surface area contributed by atoms with Crippen LogP contribution in [0, 0.1) is 0 Å². The molecule has 38 heavy (non-hydrogen) atoms. The van der Waals surface area contributed by atoms with E-state index in [0.717, 1.165) is 11.1 Å². The Bertz CT molecular complexity index is 1190. The summed E-state index contributed by atoms with van der Waals surface area (Å²) in [6.45, 7) is 6.31. The molecule has 1 aliphatic heterocycles. The normalized spacial score (nSPS) is 18.9. The van der Waals surface area contributed by atoms with E-state index in [9.17, 15) is 9.59 Å². The van der Waals surface area contributed by atoms with E-state index in [0.29, 0.717) is 35.7 Å². The minimum absolute atomic E-state index is 0.246. The number of aromatic nitrogens is 1. The summed E-state index contributed by atoms with van der Waals surface area (Å²) in [4.78, 5) is 27.2. The lowest BCUT2D eigenvalue weighted by Gasteiger charge is -2.43. The van der Waals surface area contributed by atoms with Crippen LogP contribution in [-0.2, 0) is 17.8 Å². The Labute approximate surface area is 226 Å². The Morgan fingerprint density at radius 3 is 2.13 bits per heavy atom. The topological polar surface area (TPSA) is 99.9 Å². The van der Waals surface area contributed by atoms with Gasteiger partial charge in [-0.25, -0.2) is 0 Å². The molecule has 8 heteroatoms. The van der Waals surface area contributed by atoms with Crippen molar-refractivity contribution in [1.82, 2.24) is 9.47 Å². The number of amides is 2. The van der Waals surface area contributed by atoms with E-state index < -0.39 is 11.4 Å². The lowest BCUT2D eigenvalue weighted by atomic mass is 9.94. The molecule has 3 heterocycles. The van der Waals surface area contributed by atoms with Crippen molar-refractivity contribution in [2.75, 3.05) is 20.8 Å². The van der Waals surface area contributed by atoms with Gasteiger partial charge in [0.25, 0.3) is 5.91 Å². The summed E-state index contributed by atoms with van der Waals surface area (Å²) in [5.41, 5.74) is 7.43. The van der Waals surface area contributed by atoms with E-state index >= 15 is 0 Å². The summed E-state index contributed by atoms with van der Waals surface area (Å²) < 4.78 is 17.8. The van der Waals surface area contributed by atoms with E-state index in [2.05, 4.69) is 0 Å². The van der Waals surface area contributed by atoms with Crippen molar-refractivity contribution < 1.29 is 23.5 Å².